The molecule has 0 saturated carbocycles. The Bertz CT molecular complexity index is 2660. The zero-order valence-electron chi connectivity index (χ0n) is 26.5. The predicted octanol–water partition coefficient (Wildman–Crippen LogP) is 8.15. The number of imidazole rings is 2. The Balaban J connectivity index is 0.000000156. The molecule has 8 heterocycles. The second-order valence-electron chi connectivity index (χ2n) is 11.3. The molecule has 0 aliphatic rings. The molecule has 8 aromatic heterocycles. The molecule has 51 heavy (non-hydrogen) atoms. The van der Waals surface area contributed by atoms with E-state index in [4.69, 9.17) is 4.42 Å². The number of aromatic nitrogens is 10. The highest BCUT2D eigenvalue weighted by Gasteiger charge is 2.19. The third kappa shape index (κ3) is 6.05. The van der Waals surface area contributed by atoms with Crippen molar-refractivity contribution in [2.45, 2.75) is 6.92 Å². The fourth-order valence-electron chi connectivity index (χ4n) is 5.53. The molecule has 0 bridgehead atoms. The van der Waals surface area contributed by atoms with Gasteiger partial charge in [0, 0.05) is 58.2 Å². The number of nitrogens with one attached hydrogen (secondary N) is 2. The van der Waals surface area contributed by atoms with Gasteiger partial charge >= 0.3 is 0 Å². The molecular formula is C37H23F3N10O. The number of aromatic amines is 2. The van der Waals surface area contributed by atoms with Crippen molar-refractivity contribution in [1.82, 2.24) is 49.8 Å². The van der Waals surface area contributed by atoms with Crippen LogP contribution < -0.4 is 0 Å². The third-order valence-electron chi connectivity index (χ3n) is 8.05. The van der Waals surface area contributed by atoms with E-state index in [9.17, 15) is 13.2 Å². The smallest absolute Gasteiger partial charge is 0.181 e. The average molecular weight is 681 g/mol. The van der Waals surface area contributed by atoms with E-state index in [-0.39, 0.29) is 5.82 Å². The first-order chi connectivity index (χ1) is 24.9. The average Bonchev–Trinajstić information content (AvgIpc) is 3.94. The second kappa shape index (κ2) is 13.1. The van der Waals surface area contributed by atoms with Crippen molar-refractivity contribution in [1.29, 1.82) is 0 Å². The SMILES string of the molecule is Cc1ccc(-c2nc3nc(-c4cccnc4)c(-c4ccncc4F)cc3[nH]2)cc1F.Fc1cnccc1-c1cc2[nH]cnc2nc1-c1cnco1. The lowest BCUT2D eigenvalue weighted by molar-refractivity contribution is 0.570. The minimum Gasteiger partial charge on any atom is -0.442 e. The molecule has 9 aromatic rings. The van der Waals surface area contributed by atoms with Crippen LogP contribution >= 0.6 is 0 Å². The molecule has 0 aliphatic heterocycles. The number of hydrogen-bond donors (Lipinski definition) is 2. The summed E-state index contributed by atoms with van der Waals surface area (Å²) in [7, 11) is 0. The van der Waals surface area contributed by atoms with E-state index >= 15 is 0 Å². The van der Waals surface area contributed by atoms with E-state index in [2.05, 4.69) is 49.8 Å². The van der Waals surface area contributed by atoms with Crippen LogP contribution in [0, 0.1) is 24.4 Å². The maximum absolute atomic E-state index is 14.6. The van der Waals surface area contributed by atoms with E-state index in [0.717, 1.165) is 11.8 Å². The molecule has 0 spiro atoms. The van der Waals surface area contributed by atoms with Crippen LogP contribution in [0.15, 0.2) is 115 Å². The zero-order chi connectivity index (χ0) is 34.9. The summed E-state index contributed by atoms with van der Waals surface area (Å²) in [5, 5.41) is 0. The number of pyridine rings is 5. The number of halogens is 3. The number of fused-ring (bicyclic) bond motifs is 2. The number of rotatable bonds is 5. The number of hydrogen-bond acceptors (Lipinski definition) is 9. The van der Waals surface area contributed by atoms with Gasteiger partial charge in [0.2, 0.25) is 0 Å². The highest BCUT2D eigenvalue weighted by Crippen LogP contribution is 2.35. The number of oxazole rings is 1. The molecule has 0 saturated heterocycles. The topological polar surface area (TPSA) is 148 Å². The first-order valence-electron chi connectivity index (χ1n) is 15.4. The lowest BCUT2D eigenvalue weighted by atomic mass is 10.0. The predicted molar refractivity (Wildman–Crippen MR) is 183 cm³/mol. The largest absolute Gasteiger partial charge is 0.442 e. The summed E-state index contributed by atoms with van der Waals surface area (Å²) < 4.78 is 47.9. The summed E-state index contributed by atoms with van der Waals surface area (Å²) >= 11 is 0. The van der Waals surface area contributed by atoms with Gasteiger partial charge in [-0.2, -0.15) is 0 Å². The molecule has 11 nitrogen and oxygen atoms in total. The summed E-state index contributed by atoms with van der Waals surface area (Å²) in [5.74, 6) is -0.258. The van der Waals surface area contributed by atoms with Gasteiger partial charge in [-0.15, -0.1) is 0 Å². The minimum absolute atomic E-state index is 0.309. The molecule has 2 N–H and O–H groups in total. The van der Waals surface area contributed by atoms with Gasteiger partial charge in [-0.1, -0.05) is 12.1 Å². The molecule has 0 fully saturated rings. The lowest BCUT2D eigenvalue weighted by Crippen LogP contribution is -1.94. The van der Waals surface area contributed by atoms with Crippen LogP contribution in [0.4, 0.5) is 13.2 Å². The fraction of sp³-hybridized carbons (Fsp3) is 0.0270. The second-order valence-corrected chi connectivity index (χ2v) is 11.3. The van der Waals surface area contributed by atoms with Crippen LogP contribution in [0.1, 0.15) is 5.56 Å². The number of aryl methyl sites for hydroxylation is 1. The Morgan fingerprint density at radius 3 is 2.02 bits per heavy atom. The van der Waals surface area contributed by atoms with Crippen LogP contribution in [-0.2, 0) is 0 Å². The van der Waals surface area contributed by atoms with E-state index in [1.807, 2.05) is 6.07 Å². The Hall–Kier alpha value is -7.09. The van der Waals surface area contributed by atoms with Gasteiger partial charge in [0.25, 0.3) is 0 Å². The van der Waals surface area contributed by atoms with Crippen LogP contribution in [0.5, 0.6) is 0 Å². The molecule has 1 aromatic carbocycles. The summed E-state index contributed by atoms with van der Waals surface area (Å²) in [6.07, 6.45) is 13.1. The van der Waals surface area contributed by atoms with Crippen LogP contribution in [0.3, 0.4) is 0 Å². The minimum atomic E-state index is -0.455. The van der Waals surface area contributed by atoms with Gasteiger partial charge in [-0.05, 0) is 55.0 Å². The van der Waals surface area contributed by atoms with Gasteiger partial charge in [-0.3, -0.25) is 15.0 Å². The summed E-state index contributed by atoms with van der Waals surface area (Å²) in [5.41, 5.74) is 7.16. The van der Waals surface area contributed by atoms with Crippen molar-refractivity contribution in [3.05, 3.63) is 134 Å². The van der Waals surface area contributed by atoms with Gasteiger partial charge in [0.05, 0.1) is 41.6 Å². The van der Waals surface area contributed by atoms with E-state index in [0.29, 0.717) is 78.7 Å². The summed E-state index contributed by atoms with van der Waals surface area (Å²) in [6, 6.07) is 15.3. The molecule has 0 unspecified atom stereocenters. The van der Waals surface area contributed by atoms with Crippen LogP contribution in [-0.4, -0.2) is 49.8 Å². The normalized spacial score (nSPS) is 11.1. The van der Waals surface area contributed by atoms with Gasteiger partial charge in [-0.25, -0.2) is 38.1 Å². The molecule has 248 valence electrons. The standard InChI is InChI=1S/C23H15F2N5.C14H8FN5O/c1-13-4-5-14(9-18(13)24)22-28-20-10-17(16-6-8-27-12-19(16)25)21(29-23(20)30-22)15-3-2-7-26-11-15;15-10-4-16-2-1-8(10)9-3-11-14(19-6-18-11)20-13(9)12-5-17-7-21-12/h2-12H,1H3,(H,28,29,30);1-7H,(H,18,19,20). The third-order valence-corrected chi connectivity index (χ3v) is 8.05. The number of H-pyrrole nitrogens is 2. The van der Waals surface area contributed by atoms with Gasteiger partial charge < -0.3 is 14.4 Å². The molecule has 0 aliphatic carbocycles. The maximum atomic E-state index is 14.6. The van der Waals surface area contributed by atoms with Crippen LogP contribution in [0.2, 0.25) is 0 Å². The molecule has 9 rings (SSSR count). The fourth-order valence-corrected chi connectivity index (χ4v) is 5.53. The Kier molecular flexibility index (Phi) is 8.00. The van der Waals surface area contributed by atoms with Gasteiger partial charge in [0.15, 0.2) is 23.4 Å². The van der Waals surface area contributed by atoms with E-state index < -0.39 is 11.6 Å². The lowest BCUT2D eigenvalue weighted by Gasteiger charge is -2.09. The Morgan fingerprint density at radius 1 is 0.608 bits per heavy atom. The highest BCUT2D eigenvalue weighted by atomic mass is 19.1. The number of benzene rings is 1. The van der Waals surface area contributed by atoms with Crippen molar-refractivity contribution >= 4 is 22.3 Å². The van der Waals surface area contributed by atoms with Crippen molar-refractivity contribution in [2.75, 3.05) is 0 Å². The summed E-state index contributed by atoms with van der Waals surface area (Å²) in [4.78, 5) is 39.5. The Morgan fingerprint density at radius 2 is 1.33 bits per heavy atom. The van der Waals surface area contributed by atoms with Crippen LogP contribution in [0.25, 0.3) is 78.7 Å². The van der Waals surface area contributed by atoms with E-state index in [1.165, 1.54) is 43.6 Å². The quantitative estimate of drug-likeness (QED) is 0.184. The molecule has 0 radical (unpaired) electrons. The molecule has 0 atom stereocenters. The Labute approximate surface area is 286 Å². The highest BCUT2D eigenvalue weighted by molar-refractivity contribution is 5.90. The summed E-state index contributed by atoms with van der Waals surface area (Å²) in [6.45, 7) is 1.70. The van der Waals surface area contributed by atoms with Crippen molar-refractivity contribution in [2.24, 2.45) is 0 Å². The van der Waals surface area contributed by atoms with E-state index in [1.54, 1.807) is 61.8 Å². The number of nitrogens with zero attached hydrogens (tertiary/aromatic N) is 8. The monoisotopic (exact) mass is 680 g/mol. The molecule has 0 amide bonds. The van der Waals surface area contributed by atoms with Crippen molar-refractivity contribution < 1.29 is 17.6 Å². The zero-order valence-corrected chi connectivity index (χ0v) is 26.5. The van der Waals surface area contributed by atoms with Crippen molar-refractivity contribution in [3.63, 3.8) is 0 Å². The maximum Gasteiger partial charge on any atom is 0.181 e. The molecular weight excluding hydrogens is 657 g/mol. The first kappa shape index (κ1) is 31.2. The van der Waals surface area contributed by atoms with Crippen molar-refractivity contribution in [3.8, 4) is 56.4 Å². The first-order valence-corrected chi connectivity index (χ1v) is 15.4. The molecule has 14 heteroatoms. The van der Waals surface area contributed by atoms with Gasteiger partial charge in [0.1, 0.15) is 29.0 Å².